The average molecular weight is 291 g/mol. The molecule has 0 aromatic carbocycles. The quantitative estimate of drug-likeness (QED) is 0.829. The van der Waals surface area contributed by atoms with Gasteiger partial charge in [-0.25, -0.2) is 9.97 Å². The van der Waals surface area contributed by atoms with Crippen molar-refractivity contribution < 1.29 is 9.59 Å². The predicted octanol–water partition coefficient (Wildman–Crippen LogP) is 0.0415. The van der Waals surface area contributed by atoms with Gasteiger partial charge in [-0.1, -0.05) is 6.92 Å². The molecule has 21 heavy (non-hydrogen) atoms. The number of amides is 2. The van der Waals surface area contributed by atoms with Gasteiger partial charge in [0.05, 0.1) is 6.54 Å². The van der Waals surface area contributed by atoms with Gasteiger partial charge in [-0.15, -0.1) is 0 Å². The van der Waals surface area contributed by atoms with E-state index >= 15 is 0 Å². The summed E-state index contributed by atoms with van der Waals surface area (Å²) in [7, 11) is 0. The number of anilines is 1. The Morgan fingerprint density at radius 1 is 1.19 bits per heavy atom. The minimum Gasteiger partial charge on any atom is -0.347 e. The molecule has 0 atom stereocenters. The highest BCUT2D eigenvalue weighted by atomic mass is 16.2. The van der Waals surface area contributed by atoms with E-state index in [0.717, 1.165) is 6.42 Å². The third-order valence-electron chi connectivity index (χ3n) is 3.38. The van der Waals surface area contributed by atoms with Crippen molar-refractivity contribution in [3.63, 3.8) is 0 Å². The lowest BCUT2D eigenvalue weighted by molar-refractivity contribution is -0.133. The van der Waals surface area contributed by atoms with Gasteiger partial charge in [0.1, 0.15) is 0 Å². The molecule has 114 valence electrons. The zero-order valence-corrected chi connectivity index (χ0v) is 12.3. The molecule has 2 rings (SSSR count). The van der Waals surface area contributed by atoms with Crippen molar-refractivity contribution >= 4 is 17.8 Å². The number of piperazine rings is 1. The standard InChI is InChI=1S/C14H21N5O2/c1-2-4-12(20)17-11-13(21)18-7-9-19(10-8-18)14-15-5-3-6-16-14/h3,5-6H,2,4,7-11H2,1H3,(H,17,20). The summed E-state index contributed by atoms with van der Waals surface area (Å²) in [5.41, 5.74) is 0. The van der Waals surface area contributed by atoms with Crippen molar-refractivity contribution in [1.82, 2.24) is 20.2 Å². The monoisotopic (exact) mass is 291 g/mol. The van der Waals surface area contributed by atoms with Crippen LogP contribution in [0.4, 0.5) is 5.95 Å². The molecular formula is C14H21N5O2. The van der Waals surface area contributed by atoms with Gasteiger partial charge in [-0.05, 0) is 12.5 Å². The van der Waals surface area contributed by atoms with Gasteiger partial charge in [-0.2, -0.15) is 0 Å². The molecule has 2 amide bonds. The van der Waals surface area contributed by atoms with Crippen LogP contribution in [0.15, 0.2) is 18.5 Å². The number of nitrogens with zero attached hydrogens (tertiary/aromatic N) is 4. The maximum Gasteiger partial charge on any atom is 0.242 e. The summed E-state index contributed by atoms with van der Waals surface area (Å²) in [5, 5.41) is 2.66. The molecule has 1 N–H and O–H groups in total. The van der Waals surface area contributed by atoms with Crippen molar-refractivity contribution in [2.75, 3.05) is 37.6 Å². The second-order valence-corrected chi connectivity index (χ2v) is 4.94. The summed E-state index contributed by atoms with van der Waals surface area (Å²) in [4.78, 5) is 35.6. The fourth-order valence-corrected chi connectivity index (χ4v) is 2.21. The Kier molecular flexibility index (Phi) is 5.48. The lowest BCUT2D eigenvalue weighted by atomic mass is 10.3. The molecule has 0 saturated carbocycles. The molecule has 1 fully saturated rings. The molecule has 1 aromatic heterocycles. The molecule has 0 aliphatic carbocycles. The van der Waals surface area contributed by atoms with Crippen LogP contribution in [0.2, 0.25) is 0 Å². The van der Waals surface area contributed by atoms with E-state index in [1.54, 1.807) is 23.4 Å². The number of aromatic nitrogens is 2. The SMILES string of the molecule is CCCC(=O)NCC(=O)N1CCN(c2ncccn2)CC1. The molecule has 7 heteroatoms. The molecule has 0 spiro atoms. The van der Waals surface area contributed by atoms with Crippen LogP contribution in [0, 0.1) is 0 Å². The maximum atomic E-state index is 12.0. The van der Waals surface area contributed by atoms with Crippen molar-refractivity contribution in [2.45, 2.75) is 19.8 Å². The third kappa shape index (κ3) is 4.40. The van der Waals surface area contributed by atoms with Crippen LogP contribution in [0.5, 0.6) is 0 Å². The van der Waals surface area contributed by atoms with Gasteiger partial charge >= 0.3 is 0 Å². The van der Waals surface area contributed by atoms with E-state index in [2.05, 4.69) is 20.2 Å². The summed E-state index contributed by atoms with van der Waals surface area (Å²) in [6, 6.07) is 1.78. The number of carbonyl (C=O) groups is 2. The minimum absolute atomic E-state index is 0.0342. The van der Waals surface area contributed by atoms with Gasteiger partial charge < -0.3 is 15.1 Å². The van der Waals surface area contributed by atoms with Gasteiger partial charge in [-0.3, -0.25) is 9.59 Å². The second kappa shape index (κ2) is 7.56. The summed E-state index contributed by atoms with van der Waals surface area (Å²) >= 11 is 0. The topological polar surface area (TPSA) is 78.4 Å². The highest BCUT2D eigenvalue weighted by Crippen LogP contribution is 2.09. The first-order valence-corrected chi connectivity index (χ1v) is 7.27. The first-order chi connectivity index (χ1) is 10.2. The Hall–Kier alpha value is -2.18. The Bertz CT molecular complexity index is 472. The Morgan fingerprint density at radius 2 is 1.86 bits per heavy atom. The fourth-order valence-electron chi connectivity index (χ4n) is 2.21. The molecule has 7 nitrogen and oxygen atoms in total. The van der Waals surface area contributed by atoms with Gasteiger partial charge in [0.15, 0.2) is 0 Å². The van der Waals surface area contributed by atoms with E-state index in [1.807, 2.05) is 6.92 Å². The van der Waals surface area contributed by atoms with Crippen LogP contribution in [-0.4, -0.2) is 59.4 Å². The molecule has 0 unspecified atom stereocenters. The van der Waals surface area contributed by atoms with Gasteiger partial charge in [0.25, 0.3) is 0 Å². The molecule has 0 bridgehead atoms. The zero-order valence-electron chi connectivity index (χ0n) is 12.3. The first-order valence-electron chi connectivity index (χ1n) is 7.27. The van der Waals surface area contributed by atoms with Crippen LogP contribution in [0.1, 0.15) is 19.8 Å². The molecule has 2 heterocycles. The molecular weight excluding hydrogens is 270 g/mol. The van der Waals surface area contributed by atoms with Crippen LogP contribution in [0.3, 0.4) is 0 Å². The van der Waals surface area contributed by atoms with E-state index in [1.165, 1.54) is 0 Å². The Morgan fingerprint density at radius 3 is 2.48 bits per heavy atom. The molecule has 1 aliphatic rings. The van der Waals surface area contributed by atoms with E-state index < -0.39 is 0 Å². The van der Waals surface area contributed by atoms with Crippen LogP contribution < -0.4 is 10.2 Å². The lowest BCUT2D eigenvalue weighted by Gasteiger charge is -2.34. The Balaban J connectivity index is 1.76. The van der Waals surface area contributed by atoms with Crippen molar-refractivity contribution in [3.05, 3.63) is 18.5 Å². The van der Waals surface area contributed by atoms with E-state index in [0.29, 0.717) is 38.5 Å². The molecule has 1 aliphatic heterocycles. The molecule has 0 radical (unpaired) electrons. The highest BCUT2D eigenvalue weighted by molar-refractivity contribution is 5.84. The summed E-state index contributed by atoms with van der Waals surface area (Å²) in [6.07, 6.45) is 4.68. The highest BCUT2D eigenvalue weighted by Gasteiger charge is 2.22. The lowest BCUT2D eigenvalue weighted by Crippen LogP contribution is -2.51. The summed E-state index contributed by atoms with van der Waals surface area (Å²) in [5.74, 6) is 0.594. The maximum absolute atomic E-state index is 12.0. The Labute approximate surface area is 124 Å². The second-order valence-electron chi connectivity index (χ2n) is 4.94. The van der Waals surface area contributed by atoms with Crippen LogP contribution >= 0.6 is 0 Å². The van der Waals surface area contributed by atoms with Crippen molar-refractivity contribution in [1.29, 1.82) is 0 Å². The molecule has 1 aromatic rings. The normalized spacial score (nSPS) is 14.9. The minimum atomic E-state index is -0.0674. The van der Waals surface area contributed by atoms with Crippen LogP contribution in [0.25, 0.3) is 0 Å². The van der Waals surface area contributed by atoms with E-state index in [-0.39, 0.29) is 18.4 Å². The summed E-state index contributed by atoms with van der Waals surface area (Å²) < 4.78 is 0. The number of nitrogens with one attached hydrogen (secondary N) is 1. The number of carbonyl (C=O) groups excluding carboxylic acids is 2. The average Bonchev–Trinajstić information content (AvgIpc) is 2.54. The number of rotatable bonds is 5. The third-order valence-corrected chi connectivity index (χ3v) is 3.38. The summed E-state index contributed by atoms with van der Waals surface area (Å²) in [6.45, 7) is 4.69. The van der Waals surface area contributed by atoms with Gasteiger partial charge in [0, 0.05) is 45.0 Å². The smallest absolute Gasteiger partial charge is 0.242 e. The molecule has 1 saturated heterocycles. The van der Waals surface area contributed by atoms with Crippen molar-refractivity contribution in [3.8, 4) is 0 Å². The fraction of sp³-hybridized carbons (Fsp3) is 0.571. The first kappa shape index (κ1) is 15.2. The number of hydrogen-bond donors (Lipinski definition) is 1. The largest absolute Gasteiger partial charge is 0.347 e. The van der Waals surface area contributed by atoms with E-state index in [9.17, 15) is 9.59 Å². The van der Waals surface area contributed by atoms with Crippen LogP contribution in [-0.2, 0) is 9.59 Å². The zero-order chi connectivity index (χ0) is 15.1. The van der Waals surface area contributed by atoms with Crippen molar-refractivity contribution in [2.24, 2.45) is 0 Å². The predicted molar refractivity (Wildman–Crippen MR) is 78.7 cm³/mol. The van der Waals surface area contributed by atoms with Gasteiger partial charge in [0.2, 0.25) is 17.8 Å². The van der Waals surface area contributed by atoms with E-state index in [4.69, 9.17) is 0 Å². The number of hydrogen-bond acceptors (Lipinski definition) is 5.